The summed E-state index contributed by atoms with van der Waals surface area (Å²) in [6.07, 6.45) is 1.00. The lowest BCUT2D eigenvalue weighted by molar-refractivity contribution is -0.136. The highest BCUT2D eigenvalue weighted by Gasteiger charge is 2.39. The van der Waals surface area contributed by atoms with Crippen LogP contribution in [0.3, 0.4) is 0 Å². The maximum atomic E-state index is 13.3. The van der Waals surface area contributed by atoms with Crippen molar-refractivity contribution in [1.82, 2.24) is 25.3 Å². The molecule has 0 bridgehead atoms. The lowest BCUT2D eigenvalue weighted by Crippen LogP contribution is -2.37. The fourth-order valence-corrected chi connectivity index (χ4v) is 5.36. The Morgan fingerprint density at radius 1 is 1.11 bits per heavy atom. The number of carbonyl (C=O) groups excluding carboxylic acids is 1. The van der Waals surface area contributed by atoms with Crippen LogP contribution in [-0.4, -0.2) is 55.9 Å². The summed E-state index contributed by atoms with van der Waals surface area (Å²) in [7, 11) is -3.94. The number of benzene rings is 1. The van der Waals surface area contributed by atoms with Gasteiger partial charge in [0.15, 0.2) is 22.8 Å². The number of fused-ring (bicyclic) bond motifs is 1. The highest BCUT2D eigenvalue weighted by Crippen LogP contribution is 2.54. The third kappa shape index (κ3) is 7.00. The van der Waals surface area contributed by atoms with Crippen molar-refractivity contribution >= 4 is 48.1 Å². The zero-order chi connectivity index (χ0) is 27.9. The van der Waals surface area contributed by atoms with Gasteiger partial charge in [0.25, 0.3) is 5.91 Å². The molecule has 1 aromatic carbocycles. The van der Waals surface area contributed by atoms with Crippen molar-refractivity contribution in [3.63, 3.8) is 0 Å². The monoisotopic (exact) mass is 544 g/mol. The van der Waals surface area contributed by atoms with Gasteiger partial charge in [-0.05, 0) is 43.7 Å². The van der Waals surface area contributed by atoms with Crippen molar-refractivity contribution in [3.05, 3.63) is 53.9 Å². The summed E-state index contributed by atoms with van der Waals surface area (Å²) >= 11 is 0. The number of nitrogens with two attached hydrogens (primary N) is 2. The fourth-order valence-electron chi connectivity index (χ4n) is 3.45. The van der Waals surface area contributed by atoms with Gasteiger partial charge >= 0.3 is 13.6 Å². The molecule has 2 heterocycles. The number of carboxylic acids is 1. The van der Waals surface area contributed by atoms with Gasteiger partial charge in [0.05, 0.1) is 38.1 Å². The second kappa shape index (κ2) is 12.4. The van der Waals surface area contributed by atoms with E-state index in [1.165, 1.54) is 6.20 Å². The molecule has 0 saturated carbocycles. The number of hydrogen-bond donors (Lipinski definition) is 5. The summed E-state index contributed by atoms with van der Waals surface area (Å²) < 4.78 is 24.0. The minimum absolute atomic E-state index is 0.00965. The number of nitrogens with zero attached hydrogens (tertiary/aromatic N) is 4. The average Bonchev–Trinajstić information content (AvgIpc) is 2.86. The predicted molar refractivity (Wildman–Crippen MR) is 141 cm³/mol. The van der Waals surface area contributed by atoms with E-state index in [4.69, 9.17) is 20.5 Å². The molecule has 0 radical (unpaired) electrons. The van der Waals surface area contributed by atoms with E-state index in [0.717, 1.165) is 0 Å². The first-order valence-electron chi connectivity index (χ1n) is 11.5. The lowest BCUT2D eigenvalue weighted by Gasteiger charge is -2.28. The van der Waals surface area contributed by atoms with Crippen LogP contribution in [0, 0.1) is 0 Å². The number of nitrogen functional groups attached to an aromatic ring is 2. The Kier molecular flexibility index (Phi) is 9.29. The molecule has 3 aromatic rings. The van der Waals surface area contributed by atoms with Crippen LogP contribution >= 0.6 is 7.60 Å². The zero-order valence-electron chi connectivity index (χ0n) is 20.9. The molecule has 0 unspecified atom stereocenters. The summed E-state index contributed by atoms with van der Waals surface area (Å²) in [5.74, 6) is -3.01. The van der Waals surface area contributed by atoms with Crippen LogP contribution in [0.1, 0.15) is 36.3 Å². The smallest absolute Gasteiger partial charge is 0.356 e. The second-order valence-corrected chi connectivity index (χ2v) is 10.0. The van der Waals surface area contributed by atoms with E-state index in [2.05, 4.69) is 37.1 Å². The predicted octanol–water partition coefficient (Wildman–Crippen LogP) is 2.55. The van der Waals surface area contributed by atoms with Crippen LogP contribution < -0.4 is 22.1 Å². The molecule has 0 aliphatic carbocycles. The van der Waals surface area contributed by atoms with Crippen molar-refractivity contribution in [1.29, 1.82) is 0 Å². The molecule has 0 aliphatic rings. The third-order valence-electron chi connectivity index (χ3n) is 5.09. The Bertz CT molecular complexity index is 1370. The molecule has 0 saturated heterocycles. The second-order valence-electron chi connectivity index (χ2n) is 7.91. The number of aromatic nitrogens is 4. The molecular formula is C23H29N8O6P. The Hall–Kier alpha value is -4.13. The van der Waals surface area contributed by atoms with Gasteiger partial charge < -0.3 is 36.3 Å². The van der Waals surface area contributed by atoms with Gasteiger partial charge in [0, 0.05) is 11.3 Å². The molecule has 0 spiro atoms. The van der Waals surface area contributed by atoms with Gasteiger partial charge in [-0.2, -0.15) is 9.97 Å². The summed E-state index contributed by atoms with van der Waals surface area (Å²) in [6, 6.07) is 6.41. The van der Waals surface area contributed by atoms with Gasteiger partial charge in [-0.3, -0.25) is 14.2 Å². The van der Waals surface area contributed by atoms with Crippen LogP contribution in [0.2, 0.25) is 0 Å². The quantitative estimate of drug-likeness (QED) is 0.154. The van der Waals surface area contributed by atoms with Crippen molar-refractivity contribution in [3.8, 4) is 0 Å². The van der Waals surface area contributed by atoms with Gasteiger partial charge in [-0.25, -0.2) is 9.97 Å². The van der Waals surface area contributed by atoms with Crippen molar-refractivity contribution in [2.75, 3.05) is 30.0 Å². The van der Waals surface area contributed by atoms with Crippen molar-refractivity contribution in [2.24, 2.45) is 0 Å². The number of carboxylic acid groups (broad SMARTS) is 1. The van der Waals surface area contributed by atoms with E-state index >= 15 is 0 Å². The van der Waals surface area contributed by atoms with Gasteiger partial charge in [0.2, 0.25) is 5.95 Å². The molecule has 7 N–H and O–H groups in total. The van der Waals surface area contributed by atoms with Crippen molar-refractivity contribution < 1.29 is 28.3 Å². The molecule has 0 aliphatic heterocycles. The topological polar surface area (TPSA) is 218 Å². The van der Waals surface area contributed by atoms with Gasteiger partial charge in [-0.15, -0.1) is 0 Å². The molecule has 202 valence electrons. The lowest BCUT2D eigenvalue weighted by atomic mass is 10.1. The SMILES string of the molecule is C=C(CC(=O)O)[C@H](NC(=O)c1ccc(NCc2cnc3nc(N)nc(N)c3n2)cc1)P(=O)(OCC)OCC. The van der Waals surface area contributed by atoms with Gasteiger partial charge in [-0.1, -0.05) is 6.58 Å². The molecule has 38 heavy (non-hydrogen) atoms. The van der Waals surface area contributed by atoms with Crippen LogP contribution in [-0.2, 0) is 25.0 Å². The summed E-state index contributed by atoms with van der Waals surface area (Å²) in [5.41, 5.74) is 13.5. The molecular weight excluding hydrogens is 515 g/mol. The van der Waals surface area contributed by atoms with E-state index in [-0.39, 0.29) is 41.8 Å². The van der Waals surface area contributed by atoms with E-state index in [1.807, 2.05) is 0 Å². The van der Waals surface area contributed by atoms with E-state index in [0.29, 0.717) is 23.4 Å². The number of aliphatic carboxylic acids is 1. The third-order valence-corrected chi connectivity index (χ3v) is 7.45. The minimum atomic E-state index is -3.94. The largest absolute Gasteiger partial charge is 0.481 e. The minimum Gasteiger partial charge on any atom is -0.481 e. The number of amides is 1. The normalized spacial score (nSPS) is 12.2. The molecule has 3 rings (SSSR count). The van der Waals surface area contributed by atoms with E-state index < -0.39 is 31.7 Å². The maximum absolute atomic E-state index is 13.3. The Morgan fingerprint density at radius 2 is 1.76 bits per heavy atom. The average molecular weight is 545 g/mol. The number of rotatable bonds is 13. The van der Waals surface area contributed by atoms with Crippen molar-refractivity contribution in [2.45, 2.75) is 32.6 Å². The van der Waals surface area contributed by atoms with Crippen LogP contribution in [0.15, 0.2) is 42.6 Å². The molecule has 2 aromatic heterocycles. The summed E-state index contributed by atoms with van der Waals surface area (Å²) in [4.78, 5) is 40.7. The number of carbonyl (C=O) groups is 2. The highest BCUT2D eigenvalue weighted by atomic mass is 31.2. The van der Waals surface area contributed by atoms with Gasteiger partial charge in [0.1, 0.15) is 0 Å². The molecule has 0 fully saturated rings. The molecule has 1 atom stereocenters. The Balaban J connectivity index is 1.72. The summed E-state index contributed by atoms with van der Waals surface area (Å²) in [5, 5.41) is 14.9. The number of anilines is 3. The fraction of sp³-hybridized carbons (Fsp3) is 0.304. The standard InChI is InChI=1S/C23H29N8O6P/c1-4-36-38(35,37-5-2)22(13(3)10-17(32)33)31-21(34)14-6-8-15(9-7-14)26-11-16-12-27-20-18(28-16)19(24)29-23(25)30-20/h6-9,12,22,26H,3-5,10-11H2,1-2H3,(H,31,34)(H,32,33)(H4,24,25,27,29,30)/t22-/m1/s1. The Morgan fingerprint density at radius 3 is 2.37 bits per heavy atom. The Labute approximate surface area is 218 Å². The number of hydrogen-bond acceptors (Lipinski definition) is 12. The van der Waals surface area contributed by atoms with Crippen LogP contribution in [0.4, 0.5) is 17.5 Å². The maximum Gasteiger partial charge on any atom is 0.356 e. The zero-order valence-corrected chi connectivity index (χ0v) is 21.8. The first-order valence-corrected chi connectivity index (χ1v) is 13.1. The molecule has 14 nitrogen and oxygen atoms in total. The molecule has 1 amide bonds. The van der Waals surface area contributed by atoms with E-state index in [9.17, 15) is 19.3 Å². The van der Waals surface area contributed by atoms with Crippen LogP contribution in [0.5, 0.6) is 0 Å². The highest BCUT2D eigenvalue weighted by molar-refractivity contribution is 7.54. The number of nitrogens with one attached hydrogen (secondary N) is 2. The summed E-state index contributed by atoms with van der Waals surface area (Å²) in [6.45, 7) is 7.26. The first-order chi connectivity index (χ1) is 18.1. The molecule has 15 heteroatoms. The van der Waals surface area contributed by atoms with Crippen LogP contribution in [0.25, 0.3) is 11.2 Å². The first kappa shape index (κ1) is 28.4. The van der Waals surface area contributed by atoms with E-state index in [1.54, 1.807) is 38.1 Å².